The lowest BCUT2D eigenvalue weighted by atomic mass is 10.00. The van der Waals surface area contributed by atoms with Crippen molar-refractivity contribution in [3.63, 3.8) is 0 Å². The molecule has 0 aliphatic rings. The minimum atomic E-state index is 0.751. The maximum atomic E-state index is 6.34. The smallest absolute Gasteiger partial charge is 0.177 e. The largest absolute Gasteiger partial charge is 0.492 e. The summed E-state index contributed by atoms with van der Waals surface area (Å²) in [6.45, 7) is 0. The normalized spacial score (nSPS) is 10.6. The van der Waals surface area contributed by atoms with Gasteiger partial charge in [-0.15, -0.1) is 0 Å². The van der Waals surface area contributed by atoms with Gasteiger partial charge in [-0.05, 0) is 5.56 Å². The minimum Gasteiger partial charge on any atom is -0.492 e. The highest BCUT2D eigenvalue weighted by atomic mass is 16.5. The van der Waals surface area contributed by atoms with Crippen molar-refractivity contribution in [2.75, 3.05) is 7.11 Å². The number of rotatable bonds is 4. The molecule has 1 aromatic heterocycles. The van der Waals surface area contributed by atoms with Gasteiger partial charge in [-0.2, -0.15) is 0 Å². The third-order valence-corrected chi connectivity index (χ3v) is 4.20. The molecule has 3 aromatic carbocycles. The summed E-state index contributed by atoms with van der Waals surface area (Å²) < 4.78 is 12.1. The topological polar surface area (TPSA) is 22.4 Å². The molecular weight excluding hydrogens is 308 g/mol. The second kappa shape index (κ2) is 6.70. The molecule has 0 saturated heterocycles. The zero-order valence-electron chi connectivity index (χ0n) is 14.0. The van der Waals surface area contributed by atoms with Gasteiger partial charge < -0.3 is 9.15 Å². The minimum absolute atomic E-state index is 0.751. The molecule has 4 aromatic rings. The van der Waals surface area contributed by atoms with E-state index >= 15 is 0 Å². The highest BCUT2D eigenvalue weighted by molar-refractivity contribution is 5.90. The molecule has 0 N–H and O–H groups in total. The fraction of sp³-hybridized carbons (Fsp3) is 0.0435. The zero-order chi connectivity index (χ0) is 17.1. The van der Waals surface area contributed by atoms with Crippen LogP contribution in [0.4, 0.5) is 0 Å². The summed E-state index contributed by atoms with van der Waals surface area (Å²) in [5.41, 5.74) is 4.08. The van der Waals surface area contributed by atoms with Crippen molar-refractivity contribution in [2.24, 2.45) is 0 Å². The van der Waals surface area contributed by atoms with Crippen LogP contribution in [0.3, 0.4) is 0 Å². The van der Waals surface area contributed by atoms with E-state index in [4.69, 9.17) is 9.15 Å². The molecule has 0 amide bonds. The molecule has 2 nitrogen and oxygen atoms in total. The monoisotopic (exact) mass is 326 g/mol. The van der Waals surface area contributed by atoms with Gasteiger partial charge in [-0.1, -0.05) is 91.0 Å². The lowest BCUT2D eigenvalue weighted by Gasteiger charge is -2.06. The SMILES string of the molecule is COc1c(-c2ccccc2)oc(-c2ccccc2)c1-c1ccccc1. The van der Waals surface area contributed by atoms with E-state index < -0.39 is 0 Å². The molecule has 122 valence electrons. The van der Waals surface area contributed by atoms with Crippen LogP contribution in [0.5, 0.6) is 5.75 Å². The first-order valence-corrected chi connectivity index (χ1v) is 8.25. The van der Waals surface area contributed by atoms with Crippen molar-refractivity contribution in [1.82, 2.24) is 0 Å². The molecule has 0 fully saturated rings. The summed E-state index contributed by atoms with van der Waals surface area (Å²) in [5.74, 6) is 2.33. The van der Waals surface area contributed by atoms with E-state index in [9.17, 15) is 0 Å². The first-order chi connectivity index (χ1) is 12.4. The number of furan rings is 1. The maximum Gasteiger partial charge on any atom is 0.177 e. The molecule has 1 heterocycles. The van der Waals surface area contributed by atoms with E-state index in [-0.39, 0.29) is 0 Å². The van der Waals surface area contributed by atoms with Crippen molar-refractivity contribution in [3.8, 4) is 39.5 Å². The van der Waals surface area contributed by atoms with Crippen molar-refractivity contribution < 1.29 is 9.15 Å². The van der Waals surface area contributed by atoms with Crippen molar-refractivity contribution in [1.29, 1.82) is 0 Å². The van der Waals surface area contributed by atoms with E-state index in [1.807, 2.05) is 66.7 Å². The van der Waals surface area contributed by atoms with E-state index in [1.165, 1.54) is 0 Å². The summed E-state index contributed by atoms with van der Waals surface area (Å²) in [4.78, 5) is 0. The van der Waals surface area contributed by atoms with Crippen LogP contribution in [-0.4, -0.2) is 7.11 Å². The Hall–Kier alpha value is -3.26. The highest BCUT2D eigenvalue weighted by Gasteiger charge is 2.24. The zero-order valence-corrected chi connectivity index (χ0v) is 14.0. The van der Waals surface area contributed by atoms with Gasteiger partial charge in [0.2, 0.25) is 0 Å². The molecule has 0 spiro atoms. The number of hydrogen-bond acceptors (Lipinski definition) is 2. The molecule has 0 saturated carbocycles. The van der Waals surface area contributed by atoms with Gasteiger partial charge in [-0.25, -0.2) is 0 Å². The molecule has 0 unspecified atom stereocenters. The Labute approximate surface area is 147 Å². The van der Waals surface area contributed by atoms with Gasteiger partial charge in [0.1, 0.15) is 5.76 Å². The Bertz CT molecular complexity index is 955. The predicted molar refractivity (Wildman–Crippen MR) is 102 cm³/mol. The molecule has 0 aliphatic carbocycles. The summed E-state index contributed by atoms with van der Waals surface area (Å²) in [6, 6.07) is 30.4. The molecule has 4 rings (SSSR count). The average molecular weight is 326 g/mol. The Morgan fingerprint density at radius 3 is 1.48 bits per heavy atom. The van der Waals surface area contributed by atoms with Crippen LogP contribution in [-0.2, 0) is 0 Å². The summed E-state index contributed by atoms with van der Waals surface area (Å²) >= 11 is 0. The first-order valence-electron chi connectivity index (χ1n) is 8.25. The first kappa shape index (κ1) is 15.3. The van der Waals surface area contributed by atoms with E-state index in [0.29, 0.717) is 0 Å². The maximum absolute atomic E-state index is 6.34. The predicted octanol–water partition coefficient (Wildman–Crippen LogP) is 6.29. The van der Waals surface area contributed by atoms with Crippen LogP contribution >= 0.6 is 0 Å². The van der Waals surface area contributed by atoms with Crippen molar-refractivity contribution >= 4 is 0 Å². The summed E-state index contributed by atoms with van der Waals surface area (Å²) in [7, 11) is 1.69. The summed E-state index contributed by atoms with van der Waals surface area (Å²) in [6.07, 6.45) is 0. The van der Waals surface area contributed by atoms with Crippen LogP contribution in [0.1, 0.15) is 0 Å². The van der Waals surface area contributed by atoms with Gasteiger partial charge >= 0.3 is 0 Å². The number of benzene rings is 3. The lowest BCUT2D eigenvalue weighted by molar-refractivity contribution is 0.411. The highest BCUT2D eigenvalue weighted by Crippen LogP contribution is 2.47. The van der Waals surface area contributed by atoms with Gasteiger partial charge in [0.05, 0.1) is 12.7 Å². The van der Waals surface area contributed by atoms with Gasteiger partial charge in [-0.3, -0.25) is 0 Å². The molecule has 2 heteroatoms. The fourth-order valence-electron chi connectivity index (χ4n) is 3.05. The molecule has 0 bridgehead atoms. The van der Waals surface area contributed by atoms with Crippen LogP contribution in [0.25, 0.3) is 33.8 Å². The number of ether oxygens (including phenoxy) is 1. The third-order valence-electron chi connectivity index (χ3n) is 4.20. The Morgan fingerprint density at radius 1 is 0.560 bits per heavy atom. The third kappa shape index (κ3) is 2.83. The quantitative estimate of drug-likeness (QED) is 0.440. The van der Waals surface area contributed by atoms with Crippen LogP contribution in [0.15, 0.2) is 95.4 Å². The second-order valence-electron chi connectivity index (χ2n) is 5.77. The van der Waals surface area contributed by atoms with Crippen molar-refractivity contribution in [2.45, 2.75) is 0 Å². The lowest BCUT2D eigenvalue weighted by Crippen LogP contribution is -1.87. The molecular formula is C23H18O2. The van der Waals surface area contributed by atoms with Crippen LogP contribution in [0.2, 0.25) is 0 Å². The van der Waals surface area contributed by atoms with Gasteiger partial charge in [0.15, 0.2) is 11.5 Å². The van der Waals surface area contributed by atoms with E-state index in [2.05, 4.69) is 24.3 Å². The molecule has 0 radical (unpaired) electrons. The average Bonchev–Trinajstić information content (AvgIpc) is 3.09. The van der Waals surface area contributed by atoms with Crippen molar-refractivity contribution in [3.05, 3.63) is 91.0 Å². The second-order valence-corrected chi connectivity index (χ2v) is 5.77. The number of hydrogen-bond donors (Lipinski definition) is 0. The summed E-state index contributed by atoms with van der Waals surface area (Å²) in [5, 5.41) is 0. The van der Waals surface area contributed by atoms with E-state index in [0.717, 1.165) is 39.5 Å². The molecule has 0 aliphatic heterocycles. The molecule has 0 atom stereocenters. The van der Waals surface area contributed by atoms with Crippen LogP contribution in [0, 0.1) is 0 Å². The van der Waals surface area contributed by atoms with Gasteiger partial charge in [0.25, 0.3) is 0 Å². The standard InChI is InChI=1S/C23H18O2/c1-24-23-20(17-11-5-2-6-12-17)21(18-13-7-3-8-14-18)25-22(23)19-15-9-4-10-16-19/h2-16H,1H3. The fourth-order valence-corrected chi connectivity index (χ4v) is 3.05. The Balaban J connectivity index is 2.02. The number of methoxy groups -OCH3 is 1. The van der Waals surface area contributed by atoms with Crippen LogP contribution < -0.4 is 4.74 Å². The molecule has 25 heavy (non-hydrogen) atoms. The van der Waals surface area contributed by atoms with Gasteiger partial charge in [0, 0.05) is 11.1 Å². The Kier molecular flexibility index (Phi) is 4.09. The van der Waals surface area contributed by atoms with E-state index in [1.54, 1.807) is 7.11 Å². The Morgan fingerprint density at radius 2 is 1.00 bits per heavy atom.